The summed E-state index contributed by atoms with van der Waals surface area (Å²) in [6.45, 7) is 2.12. The number of hydrogen-bond acceptors (Lipinski definition) is 2. The predicted molar refractivity (Wildman–Crippen MR) is 74.4 cm³/mol. The van der Waals surface area contributed by atoms with E-state index in [4.69, 9.17) is 0 Å². The lowest BCUT2D eigenvalue weighted by Crippen LogP contribution is -2.26. The van der Waals surface area contributed by atoms with Crippen LogP contribution in [0, 0.1) is 5.41 Å². The largest absolute Gasteiger partial charge is 0.396 e. The molecule has 0 bridgehead atoms. The second-order valence-corrected chi connectivity index (χ2v) is 5.40. The van der Waals surface area contributed by atoms with E-state index < -0.39 is 0 Å². The van der Waals surface area contributed by atoms with Gasteiger partial charge in [-0.05, 0) is 29.2 Å². The first-order chi connectivity index (χ1) is 8.83. The lowest BCUT2D eigenvalue weighted by molar-refractivity contribution is 0.207. The van der Waals surface area contributed by atoms with E-state index in [-0.39, 0.29) is 5.41 Å². The van der Waals surface area contributed by atoms with E-state index >= 15 is 0 Å². The van der Waals surface area contributed by atoms with E-state index in [1.54, 1.807) is 0 Å². The molecular formula is C16H19NO. The highest BCUT2D eigenvalue weighted by Crippen LogP contribution is 2.44. The van der Waals surface area contributed by atoms with Crippen molar-refractivity contribution in [3.8, 4) is 0 Å². The molecule has 2 nitrogen and oxygen atoms in total. The van der Waals surface area contributed by atoms with E-state index in [1.165, 1.54) is 16.3 Å². The highest BCUT2D eigenvalue weighted by atomic mass is 16.3. The van der Waals surface area contributed by atoms with E-state index in [1.807, 2.05) is 0 Å². The highest BCUT2D eigenvalue weighted by Gasteiger charge is 2.41. The first-order valence-corrected chi connectivity index (χ1v) is 6.61. The molecule has 3 rings (SSSR count). The van der Waals surface area contributed by atoms with Crippen LogP contribution in [0.25, 0.3) is 10.8 Å². The topological polar surface area (TPSA) is 32.3 Å². The molecule has 2 aromatic carbocycles. The normalized spacial score (nSPS) is 16.9. The number of rotatable bonds is 5. The molecular weight excluding hydrogens is 222 g/mol. The number of fused-ring (bicyclic) bond motifs is 1. The van der Waals surface area contributed by atoms with E-state index in [0.29, 0.717) is 6.61 Å². The minimum atomic E-state index is 0.185. The Balaban J connectivity index is 1.71. The third kappa shape index (κ3) is 2.26. The zero-order valence-electron chi connectivity index (χ0n) is 10.5. The Labute approximate surface area is 108 Å². The molecule has 0 heterocycles. The Morgan fingerprint density at radius 3 is 2.61 bits per heavy atom. The van der Waals surface area contributed by atoms with Gasteiger partial charge in [-0.3, -0.25) is 0 Å². The summed E-state index contributed by atoms with van der Waals surface area (Å²) in [7, 11) is 0. The van der Waals surface area contributed by atoms with Crippen molar-refractivity contribution in [2.24, 2.45) is 5.41 Å². The summed E-state index contributed by atoms with van der Waals surface area (Å²) in [5, 5.41) is 15.4. The molecule has 0 atom stereocenters. The Hall–Kier alpha value is -1.38. The fourth-order valence-electron chi connectivity index (χ4n) is 2.48. The van der Waals surface area contributed by atoms with Crippen molar-refractivity contribution < 1.29 is 5.11 Å². The molecule has 2 heteroatoms. The number of nitrogens with one attached hydrogen (secondary N) is 1. The first kappa shape index (κ1) is 11.7. The summed E-state index contributed by atoms with van der Waals surface area (Å²) in [6.07, 6.45) is 2.32. The first-order valence-electron chi connectivity index (χ1n) is 6.61. The molecule has 0 unspecified atom stereocenters. The van der Waals surface area contributed by atoms with Gasteiger partial charge in [0, 0.05) is 25.1 Å². The van der Waals surface area contributed by atoms with Crippen LogP contribution < -0.4 is 5.32 Å². The zero-order valence-corrected chi connectivity index (χ0v) is 10.5. The zero-order chi connectivity index (χ0) is 12.4. The third-order valence-electron chi connectivity index (χ3n) is 3.99. The molecule has 0 amide bonds. The molecule has 94 valence electrons. The van der Waals surface area contributed by atoms with Crippen LogP contribution in [0.3, 0.4) is 0 Å². The molecule has 0 aliphatic heterocycles. The van der Waals surface area contributed by atoms with Crippen molar-refractivity contribution in [1.29, 1.82) is 0 Å². The van der Waals surface area contributed by atoms with Gasteiger partial charge in [-0.15, -0.1) is 0 Å². The maximum absolute atomic E-state index is 9.29. The second kappa shape index (κ2) is 4.71. The van der Waals surface area contributed by atoms with Crippen LogP contribution >= 0.6 is 0 Å². The Bertz CT molecular complexity index is 540. The van der Waals surface area contributed by atoms with Gasteiger partial charge >= 0.3 is 0 Å². The van der Waals surface area contributed by atoms with Gasteiger partial charge in [0.15, 0.2) is 0 Å². The molecule has 1 saturated carbocycles. The van der Waals surface area contributed by atoms with Gasteiger partial charge in [0.25, 0.3) is 0 Å². The quantitative estimate of drug-likeness (QED) is 0.843. The number of aliphatic hydroxyl groups excluding tert-OH is 1. The average molecular weight is 241 g/mol. The van der Waals surface area contributed by atoms with Gasteiger partial charge in [0.1, 0.15) is 0 Å². The van der Waals surface area contributed by atoms with Gasteiger partial charge in [0.2, 0.25) is 0 Å². The van der Waals surface area contributed by atoms with Crippen LogP contribution in [0.5, 0.6) is 0 Å². The fourth-order valence-corrected chi connectivity index (χ4v) is 2.48. The molecule has 18 heavy (non-hydrogen) atoms. The molecule has 1 aliphatic rings. The lowest BCUT2D eigenvalue weighted by atomic mass is 10.0. The summed E-state index contributed by atoms with van der Waals surface area (Å²) >= 11 is 0. The van der Waals surface area contributed by atoms with Crippen molar-refractivity contribution in [3.63, 3.8) is 0 Å². The number of benzene rings is 2. The monoisotopic (exact) mass is 241 g/mol. The smallest absolute Gasteiger partial charge is 0.0499 e. The summed E-state index contributed by atoms with van der Waals surface area (Å²) in [4.78, 5) is 0. The van der Waals surface area contributed by atoms with Crippen LogP contribution in [0.1, 0.15) is 18.4 Å². The van der Waals surface area contributed by atoms with Crippen molar-refractivity contribution in [2.75, 3.05) is 13.2 Å². The number of hydrogen-bond donors (Lipinski definition) is 2. The van der Waals surface area contributed by atoms with Crippen LogP contribution in [-0.4, -0.2) is 18.3 Å². The molecule has 2 N–H and O–H groups in total. The van der Waals surface area contributed by atoms with Crippen molar-refractivity contribution >= 4 is 10.8 Å². The van der Waals surface area contributed by atoms with Crippen LogP contribution in [0.2, 0.25) is 0 Å². The van der Waals surface area contributed by atoms with Crippen LogP contribution in [-0.2, 0) is 6.54 Å². The Morgan fingerprint density at radius 2 is 1.83 bits per heavy atom. The molecule has 0 aromatic heterocycles. The van der Waals surface area contributed by atoms with Gasteiger partial charge in [0.05, 0.1) is 0 Å². The maximum Gasteiger partial charge on any atom is 0.0499 e. The van der Waals surface area contributed by atoms with Crippen molar-refractivity contribution in [3.05, 3.63) is 48.0 Å². The highest BCUT2D eigenvalue weighted by molar-refractivity contribution is 5.85. The van der Waals surface area contributed by atoms with E-state index in [2.05, 4.69) is 47.8 Å². The fraction of sp³-hybridized carbons (Fsp3) is 0.375. The number of aliphatic hydroxyl groups is 1. The van der Waals surface area contributed by atoms with Gasteiger partial charge in [-0.1, -0.05) is 42.5 Å². The molecule has 0 spiro atoms. The van der Waals surface area contributed by atoms with Crippen LogP contribution in [0.15, 0.2) is 42.5 Å². The van der Waals surface area contributed by atoms with E-state index in [0.717, 1.165) is 25.9 Å². The average Bonchev–Trinajstić information content (AvgIpc) is 3.20. The second-order valence-electron chi connectivity index (χ2n) is 5.40. The molecule has 2 aromatic rings. The predicted octanol–water partition coefficient (Wildman–Crippen LogP) is 2.70. The summed E-state index contributed by atoms with van der Waals surface area (Å²) in [5.41, 5.74) is 1.52. The molecule has 0 radical (unpaired) electrons. The van der Waals surface area contributed by atoms with Crippen molar-refractivity contribution in [2.45, 2.75) is 19.4 Å². The lowest BCUT2D eigenvalue weighted by Gasteiger charge is -2.13. The Morgan fingerprint density at radius 1 is 1.06 bits per heavy atom. The minimum absolute atomic E-state index is 0.185. The summed E-state index contributed by atoms with van der Waals surface area (Å²) in [5.74, 6) is 0. The van der Waals surface area contributed by atoms with Gasteiger partial charge < -0.3 is 10.4 Å². The summed E-state index contributed by atoms with van der Waals surface area (Å²) < 4.78 is 0. The third-order valence-corrected chi connectivity index (χ3v) is 3.99. The van der Waals surface area contributed by atoms with Gasteiger partial charge in [-0.25, -0.2) is 0 Å². The SMILES string of the molecule is OCC1(CNCc2cccc3ccccc23)CC1. The summed E-state index contributed by atoms with van der Waals surface area (Å²) in [6, 6.07) is 14.9. The van der Waals surface area contributed by atoms with Crippen molar-refractivity contribution in [1.82, 2.24) is 5.32 Å². The molecule has 0 saturated heterocycles. The van der Waals surface area contributed by atoms with E-state index in [9.17, 15) is 5.11 Å². The maximum atomic E-state index is 9.29. The molecule has 1 fully saturated rings. The minimum Gasteiger partial charge on any atom is -0.396 e. The van der Waals surface area contributed by atoms with Crippen LogP contribution in [0.4, 0.5) is 0 Å². The standard InChI is InChI=1S/C16H19NO/c18-12-16(8-9-16)11-17-10-14-6-3-5-13-4-1-2-7-15(13)14/h1-7,17-18H,8-12H2. The molecule has 1 aliphatic carbocycles. The van der Waals surface area contributed by atoms with Gasteiger partial charge in [-0.2, -0.15) is 0 Å². The Kier molecular flexibility index (Phi) is 3.06.